The zero-order valence-corrected chi connectivity index (χ0v) is 12.3. The minimum Gasteiger partial charge on any atom is -0.352 e. The number of likely N-dealkylation sites (tertiary alicyclic amines) is 1. The summed E-state index contributed by atoms with van der Waals surface area (Å²) >= 11 is 0. The first-order valence-corrected chi connectivity index (χ1v) is 7.13. The second-order valence-electron chi connectivity index (χ2n) is 6.47. The van der Waals surface area contributed by atoms with E-state index in [-0.39, 0.29) is 11.3 Å². The van der Waals surface area contributed by atoms with E-state index in [9.17, 15) is 4.79 Å². The maximum atomic E-state index is 12.0. The Labute approximate surface area is 111 Å². The second kappa shape index (κ2) is 6.53. The number of carbonyl (C=O) groups excluding carboxylic acids is 1. The average Bonchev–Trinajstić information content (AvgIpc) is 2.30. The van der Waals surface area contributed by atoms with Crippen LogP contribution < -0.4 is 11.1 Å². The third-order valence-corrected chi connectivity index (χ3v) is 3.69. The minimum atomic E-state index is -0.425. The molecule has 0 aromatic heterocycles. The summed E-state index contributed by atoms with van der Waals surface area (Å²) < 4.78 is 0. The molecule has 18 heavy (non-hydrogen) atoms. The Kier molecular flexibility index (Phi) is 5.60. The number of hydrogen-bond donors (Lipinski definition) is 2. The zero-order valence-electron chi connectivity index (χ0n) is 12.3. The predicted octanol–water partition coefficient (Wildman–Crippen LogP) is 1.35. The van der Waals surface area contributed by atoms with Crippen molar-refractivity contribution < 1.29 is 4.79 Å². The molecule has 1 aliphatic rings. The zero-order chi connectivity index (χ0) is 13.8. The van der Waals surface area contributed by atoms with Crippen LogP contribution >= 0.6 is 0 Å². The third kappa shape index (κ3) is 4.58. The van der Waals surface area contributed by atoms with Crippen LogP contribution in [-0.2, 0) is 4.79 Å². The number of piperidine rings is 1. The van der Waals surface area contributed by atoms with Gasteiger partial charge >= 0.3 is 0 Å². The summed E-state index contributed by atoms with van der Waals surface area (Å²) in [6.45, 7) is 11.6. The molecule has 1 aliphatic heterocycles. The van der Waals surface area contributed by atoms with E-state index in [4.69, 9.17) is 5.73 Å². The molecule has 0 aromatic carbocycles. The molecule has 0 aliphatic carbocycles. The lowest BCUT2D eigenvalue weighted by molar-refractivity contribution is -0.125. The van der Waals surface area contributed by atoms with Gasteiger partial charge in [0.05, 0.1) is 6.04 Å². The van der Waals surface area contributed by atoms with Gasteiger partial charge in [0.15, 0.2) is 0 Å². The van der Waals surface area contributed by atoms with Crippen molar-refractivity contribution in [1.82, 2.24) is 10.2 Å². The topological polar surface area (TPSA) is 58.4 Å². The SMILES string of the molecule is CCCN1CCC(NC(=O)[C@@H](N)C(C)(C)C)CC1. The number of amides is 1. The van der Waals surface area contributed by atoms with Crippen LogP contribution in [0.1, 0.15) is 47.0 Å². The smallest absolute Gasteiger partial charge is 0.237 e. The van der Waals surface area contributed by atoms with E-state index in [0.29, 0.717) is 6.04 Å². The van der Waals surface area contributed by atoms with Crippen molar-refractivity contribution in [3.8, 4) is 0 Å². The molecule has 1 amide bonds. The Morgan fingerprint density at radius 3 is 2.39 bits per heavy atom. The van der Waals surface area contributed by atoms with Gasteiger partial charge < -0.3 is 16.0 Å². The molecule has 0 spiro atoms. The highest BCUT2D eigenvalue weighted by atomic mass is 16.2. The number of carbonyl (C=O) groups is 1. The first-order valence-electron chi connectivity index (χ1n) is 7.13. The Balaban J connectivity index is 2.35. The first kappa shape index (κ1) is 15.4. The molecule has 4 nitrogen and oxygen atoms in total. The van der Waals surface area contributed by atoms with Crippen molar-refractivity contribution in [1.29, 1.82) is 0 Å². The fraction of sp³-hybridized carbons (Fsp3) is 0.929. The molecule has 0 saturated carbocycles. The van der Waals surface area contributed by atoms with Gasteiger partial charge in [0.1, 0.15) is 0 Å². The number of rotatable bonds is 4. The Morgan fingerprint density at radius 1 is 1.39 bits per heavy atom. The van der Waals surface area contributed by atoms with E-state index < -0.39 is 6.04 Å². The summed E-state index contributed by atoms with van der Waals surface area (Å²) in [4.78, 5) is 14.5. The van der Waals surface area contributed by atoms with E-state index in [2.05, 4.69) is 17.1 Å². The van der Waals surface area contributed by atoms with Crippen molar-refractivity contribution in [2.24, 2.45) is 11.1 Å². The molecule has 1 fully saturated rings. The van der Waals surface area contributed by atoms with Crippen molar-refractivity contribution in [3.05, 3.63) is 0 Å². The van der Waals surface area contributed by atoms with E-state index in [1.54, 1.807) is 0 Å². The molecular formula is C14H29N3O. The summed E-state index contributed by atoms with van der Waals surface area (Å²) in [6.07, 6.45) is 3.29. The number of nitrogens with zero attached hydrogens (tertiary/aromatic N) is 1. The first-order chi connectivity index (χ1) is 8.34. The molecule has 1 heterocycles. The standard InChI is InChI=1S/C14H29N3O/c1-5-8-17-9-6-11(7-10-17)16-13(18)12(15)14(2,3)4/h11-12H,5-10,15H2,1-4H3,(H,16,18)/t12-/m1/s1. The molecular weight excluding hydrogens is 226 g/mol. The monoisotopic (exact) mass is 255 g/mol. The normalized spacial score (nSPS) is 20.7. The van der Waals surface area contributed by atoms with Gasteiger partial charge in [-0.15, -0.1) is 0 Å². The fourth-order valence-electron chi connectivity index (χ4n) is 2.30. The molecule has 0 bridgehead atoms. The van der Waals surface area contributed by atoms with Crippen LogP contribution in [0.25, 0.3) is 0 Å². The molecule has 0 aromatic rings. The van der Waals surface area contributed by atoms with Gasteiger partial charge in [0.2, 0.25) is 5.91 Å². The van der Waals surface area contributed by atoms with Crippen LogP contribution in [0, 0.1) is 5.41 Å². The van der Waals surface area contributed by atoms with E-state index in [1.807, 2.05) is 20.8 Å². The molecule has 1 rings (SSSR count). The molecule has 1 saturated heterocycles. The lowest BCUT2D eigenvalue weighted by Crippen LogP contribution is -2.53. The molecule has 0 unspecified atom stereocenters. The summed E-state index contributed by atoms with van der Waals surface area (Å²) in [5, 5.41) is 3.10. The van der Waals surface area contributed by atoms with Crippen LogP contribution in [0.5, 0.6) is 0 Å². The Morgan fingerprint density at radius 2 is 1.94 bits per heavy atom. The second-order valence-corrected chi connectivity index (χ2v) is 6.47. The van der Waals surface area contributed by atoms with E-state index in [1.165, 1.54) is 13.0 Å². The summed E-state index contributed by atoms with van der Waals surface area (Å²) in [6, 6.07) is -0.120. The summed E-state index contributed by atoms with van der Waals surface area (Å²) in [5.74, 6) is -0.00329. The van der Waals surface area contributed by atoms with Crippen molar-refractivity contribution >= 4 is 5.91 Å². The quantitative estimate of drug-likeness (QED) is 0.797. The minimum absolute atomic E-state index is 0.00329. The van der Waals surface area contributed by atoms with Gasteiger partial charge in [-0.05, 0) is 31.2 Å². The number of hydrogen-bond acceptors (Lipinski definition) is 3. The predicted molar refractivity (Wildman–Crippen MR) is 75.3 cm³/mol. The lowest BCUT2D eigenvalue weighted by atomic mass is 9.86. The largest absolute Gasteiger partial charge is 0.352 e. The van der Waals surface area contributed by atoms with Gasteiger partial charge in [0, 0.05) is 19.1 Å². The van der Waals surface area contributed by atoms with Crippen LogP contribution in [0.2, 0.25) is 0 Å². The van der Waals surface area contributed by atoms with Crippen molar-refractivity contribution in [2.75, 3.05) is 19.6 Å². The number of nitrogens with one attached hydrogen (secondary N) is 1. The molecule has 1 atom stereocenters. The molecule has 0 radical (unpaired) electrons. The van der Waals surface area contributed by atoms with Crippen molar-refractivity contribution in [2.45, 2.75) is 59.0 Å². The fourth-order valence-corrected chi connectivity index (χ4v) is 2.30. The number of nitrogens with two attached hydrogens (primary N) is 1. The molecule has 106 valence electrons. The lowest BCUT2D eigenvalue weighted by Gasteiger charge is -2.34. The van der Waals surface area contributed by atoms with E-state index >= 15 is 0 Å². The van der Waals surface area contributed by atoms with Crippen LogP contribution in [0.3, 0.4) is 0 Å². The van der Waals surface area contributed by atoms with Gasteiger partial charge in [-0.3, -0.25) is 4.79 Å². The highest BCUT2D eigenvalue weighted by molar-refractivity contribution is 5.82. The maximum Gasteiger partial charge on any atom is 0.237 e. The summed E-state index contributed by atoms with van der Waals surface area (Å²) in [7, 11) is 0. The van der Waals surface area contributed by atoms with Gasteiger partial charge in [-0.25, -0.2) is 0 Å². The highest BCUT2D eigenvalue weighted by Gasteiger charge is 2.29. The van der Waals surface area contributed by atoms with E-state index in [0.717, 1.165) is 25.9 Å². The van der Waals surface area contributed by atoms with Crippen LogP contribution in [-0.4, -0.2) is 42.5 Å². The molecule has 4 heteroatoms. The Bertz CT molecular complexity index is 265. The van der Waals surface area contributed by atoms with Crippen molar-refractivity contribution in [3.63, 3.8) is 0 Å². The van der Waals surface area contributed by atoms with Crippen LogP contribution in [0.15, 0.2) is 0 Å². The van der Waals surface area contributed by atoms with Gasteiger partial charge in [-0.1, -0.05) is 27.7 Å². The average molecular weight is 255 g/mol. The Hall–Kier alpha value is -0.610. The van der Waals surface area contributed by atoms with Gasteiger partial charge in [0.25, 0.3) is 0 Å². The maximum absolute atomic E-state index is 12.0. The van der Waals surface area contributed by atoms with Crippen LogP contribution in [0.4, 0.5) is 0 Å². The highest BCUT2D eigenvalue weighted by Crippen LogP contribution is 2.18. The molecule has 3 N–H and O–H groups in total. The third-order valence-electron chi connectivity index (χ3n) is 3.69. The van der Waals surface area contributed by atoms with Gasteiger partial charge in [-0.2, -0.15) is 0 Å². The summed E-state index contributed by atoms with van der Waals surface area (Å²) in [5.41, 5.74) is 5.79.